The summed E-state index contributed by atoms with van der Waals surface area (Å²) in [7, 11) is 1.82. The minimum atomic E-state index is -0.444. The molecule has 0 bridgehead atoms. The van der Waals surface area contributed by atoms with E-state index >= 15 is 0 Å². The molecule has 0 aliphatic carbocycles. The highest BCUT2D eigenvalue weighted by molar-refractivity contribution is 5.77. The van der Waals surface area contributed by atoms with Gasteiger partial charge in [-0.05, 0) is 48.6 Å². The van der Waals surface area contributed by atoms with E-state index in [1.54, 1.807) is 29.3 Å². The number of carbonyl (C=O) groups excluding carboxylic acids is 1. The molecule has 6 heteroatoms. The Kier molecular flexibility index (Phi) is 5.65. The summed E-state index contributed by atoms with van der Waals surface area (Å²) >= 11 is 0. The predicted molar refractivity (Wildman–Crippen MR) is 85.2 cm³/mol. The van der Waals surface area contributed by atoms with Gasteiger partial charge in [0.1, 0.15) is 5.82 Å². The van der Waals surface area contributed by atoms with E-state index in [1.165, 1.54) is 6.07 Å². The summed E-state index contributed by atoms with van der Waals surface area (Å²) in [4.78, 5) is 11.3. The van der Waals surface area contributed by atoms with Crippen molar-refractivity contribution in [1.82, 2.24) is 15.3 Å². The first-order valence-corrected chi connectivity index (χ1v) is 7.37. The van der Waals surface area contributed by atoms with Crippen molar-refractivity contribution in [2.75, 3.05) is 0 Å². The van der Waals surface area contributed by atoms with Crippen LogP contribution in [0, 0.1) is 12.7 Å². The first-order chi connectivity index (χ1) is 11.0. The first-order valence-electron chi connectivity index (χ1n) is 7.37. The Morgan fingerprint density at radius 2 is 2.17 bits per heavy atom. The number of hydrogen-bond donors (Lipinski definition) is 2. The monoisotopic (exact) mass is 317 g/mol. The van der Waals surface area contributed by atoms with Crippen molar-refractivity contribution >= 4 is 11.5 Å². The van der Waals surface area contributed by atoms with Crippen LogP contribution in [0.3, 0.4) is 0 Å². The molecule has 0 spiro atoms. The third-order valence-electron chi connectivity index (χ3n) is 3.84. The first kappa shape index (κ1) is 16.9. The summed E-state index contributed by atoms with van der Waals surface area (Å²) < 4.78 is 15.3. The predicted octanol–water partition coefficient (Wildman–Crippen LogP) is 2.78. The number of hydroxylamine groups is 1. The molecule has 1 heterocycles. The van der Waals surface area contributed by atoms with Crippen molar-refractivity contribution in [2.24, 2.45) is 7.05 Å². The summed E-state index contributed by atoms with van der Waals surface area (Å²) in [6.45, 7) is 1.75. The highest BCUT2D eigenvalue weighted by atomic mass is 19.1. The molecule has 1 amide bonds. The topological polar surface area (TPSA) is 67.2 Å². The van der Waals surface area contributed by atoms with Crippen LogP contribution in [0.2, 0.25) is 0 Å². The Morgan fingerprint density at radius 3 is 2.83 bits per heavy atom. The van der Waals surface area contributed by atoms with Gasteiger partial charge in [0.15, 0.2) is 0 Å². The summed E-state index contributed by atoms with van der Waals surface area (Å²) in [5, 5.41) is 12.8. The van der Waals surface area contributed by atoms with Gasteiger partial charge in [-0.25, -0.2) is 9.87 Å². The average molecular weight is 317 g/mol. The van der Waals surface area contributed by atoms with Gasteiger partial charge < -0.3 is 0 Å². The zero-order valence-corrected chi connectivity index (χ0v) is 13.2. The Hall–Kier alpha value is -2.47. The number of nitrogens with one attached hydrogen (secondary N) is 1. The van der Waals surface area contributed by atoms with Crippen LogP contribution in [-0.2, 0) is 18.3 Å². The van der Waals surface area contributed by atoms with Gasteiger partial charge in [0.25, 0.3) is 0 Å². The molecule has 1 aromatic carbocycles. The summed E-state index contributed by atoms with van der Waals surface area (Å²) in [6, 6.07) is 6.88. The van der Waals surface area contributed by atoms with Crippen molar-refractivity contribution in [2.45, 2.75) is 26.2 Å². The van der Waals surface area contributed by atoms with Crippen molar-refractivity contribution in [3.05, 3.63) is 59.2 Å². The molecule has 2 rings (SSSR count). The van der Waals surface area contributed by atoms with Crippen LogP contribution in [0.25, 0.3) is 5.57 Å². The molecule has 2 N–H and O–H groups in total. The van der Waals surface area contributed by atoms with Gasteiger partial charge >= 0.3 is 0 Å². The van der Waals surface area contributed by atoms with Gasteiger partial charge in [0.2, 0.25) is 5.91 Å². The second-order valence-corrected chi connectivity index (χ2v) is 5.33. The van der Waals surface area contributed by atoms with Gasteiger partial charge in [-0.15, -0.1) is 0 Å². The van der Waals surface area contributed by atoms with E-state index in [0.29, 0.717) is 18.4 Å². The molecule has 5 nitrogen and oxygen atoms in total. The molecule has 2 aromatic rings. The van der Waals surface area contributed by atoms with Crippen molar-refractivity contribution in [3.8, 4) is 0 Å². The maximum atomic E-state index is 13.6. The van der Waals surface area contributed by atoms with Crippen LogP contribution in [0.5, 0.6) is 0 Å². The third kappa shape index (κ3) is 4.26. The highest BCUT2D eigenvalue weighted by Gasteiger charge is 2.10. The van der Waals surface area contributed by atoms with E-state index in [9.17, 15) is 9.18 Å². The van der Waals surface area contributed by atoms with E-state index in [0.717, 1.165) is 16.8 Å². The maximum Gasteiger partial charge on any atom is 0.243 e. The number of nitrogens with zero attached hydrogens (tertiary/aromatic N) is 2. The Balaban J connectivity index is 2.24. The number of allylic oxidation sites excluding steroid dienone is 2. The number of halogens is 1. The van der Waals surface area contributed by atoms with Crippen LogP contribution < -0.4 is 5.48 Å². The number of carbonyl (C=O) groups is 1. The number of hydrogen-bond acceptors (Lipinski definition) is 3. The fraction of sp³-hybridized carbons (Fsp3) is 0.294. The lowest BCUT2D eigenvalue weighted by molar-refractivity contribution is -0.129. The zero-order chi connectivity index (χ0) is 16.8. The standard InChI is InChI=1S/C17H20FN3O2/c1-12-13(4-3-5-15(12)18)6-7-14(8-9-17(22)20-23)16-10-11-19-21(16)2/h3-5,7,10-11,23H,6,8-9H2,1-2H3,(H,20,22)/b14-7+. The van der Waals surface area contributed by atoms with Crippen LogP contribution in [-0.4, -0.2) is 20.9 Å². The molecule has 23 heavy (non-hydrogen) atoms. The van der Waals surface area contributed by atoms with Crippen LogP contribution in [0.15, 0.2) is 36.5 Å². The van der Waals surface area contributed by atoms with Crippen molar-refractivity contribution in [1.29, 1.82) is 0 Å². The van der Waals surface area contributed by atoms with E-state index in [2.05, 4.69) is 5.10 Å². The number of rotatable bonds is 6. The van der Waals surface area contributed by atoms with Gasteiger partial charge in [0, 0.05) is 19.7 Å². The molecule has 0 saturated carbocycles. The second kappa shape index (κ2) is 7.69. The van der Waals surface area contributed by atoms with Crippen molar-refractivity contribution in [3.63, 3.8) is 0 Å². The quantitative estimate of drug-likeness (QED) is 0.636. The van der Waals surface area contributed by atoms with Crippen molar-refractivity contribution < 1.29 is 14.4 Å². The molecule has 0 fully saturated rings. The van der Waals surface area contributed by atoms with E-state index in [4.69, 9.17) is 5.21 Å². The fourth-order valence-corrected chi connectivity index (χ4v) is 2.43. The molecule has 0 unspecified atom stereocenters. The molecular weight excluding hydrogens is 297 g/mol. The third-order valence-corrected chi connectivity index (χ3v) is 3.84. The zero-order valence-electron chi connectivity index (χ0n) is 13.2. The second-order valence-electron chi connectivity index (χ2n) is 5.33. The Morgan fingerprint density at radius 1 is 1.39 bits per heavy atom. The SMILES string of the molecule is Cc1c(F)cccc1C/C=C(\CCC(=O)NO)c1ccnn1C. The number of amides is 1. The normalized spacial score (nSPS) is 11.6. The number of benzene rings is 1. The average Bonchev–Trinajstić information content (AvgIpc) is 2.97. The molecule has 0 aliphatic rings. The lowest BCUT2D eigenvalue weighted by Crippen LogP contribution is -2.18. The van der Waals surface area contributed by atoms with Gasteiger partial charge in [-0.3, -0.25) is 14.7 Å². The van der Waals surface area contributed by atoms with Crippen LogP contribution in [0.4, 0.5) is 4.39 Å². The lowest BCUT2D eigenvalue weighted by Gasteiger charge is -2.09. The Labute approximate surface area is 134 Å². The van der Waals surface area contributed by atoms with Gasteiger partial charge in [-0.2, -0.15) is 5.10 Å². The summed E-state index contributed by atoms with van der Waals surface area (Å²) in [6.07, 6.45) is 4.84. The molecule has 0 atom stereocenters. The van der Waals surface area contributed by atoms with Gasteiger partial charge in [-0.1, -0.05) is 18.2 Å². The molecule has 0 radical (unpaired) electrons. The minimum Gasteiger partial charge on any atom is -0.289 e. The summed E-state index contributed by atoms with van der Waals surface area (Å²) in [5.74, 6) is -0.669. The smallest absolute Gasteiger partial charge is 0.243 e. The lowest BCUT2D eigenvalue weighted by atomic mass is 10.00. The molecular formula is C17H20FN3O2. The van der Waals surface area contributed by atoms with E-state index < -0.39 is 5.91 Å². The fourth-order valence-electron chi connectivity index (χ4n) is 2.43. The summed E-state index contributed by atoms with van der Waals surface area (Å²) in [5.41, 5.74) is 4.98. The van der Waals surface area contributed by atoms with Crippen LogP contribution >= 0.6 is 0 Å². The highest BCUT2D eigenvalue weighted by Crippen LogP contribution is 2.21. The molecule has 122 valence electrons. The Bertz CT molecular complexity index is 722. The van der Waals surface area contributed by atoms with Gasteiger partial charge in [0.05, 0.1) is 5.69 Å². The molecule has 1 aromatic heterocycles. The largest absolute Gasteiger partial charge is 0.289 e. The number of aromatic nitrogens is 2. The van der Waals surface area contributed by atoms with Crippen LogP contribution in [0.1, 0.15) is 29.7 Å². The van der Waals surface area contributed by atoms with E-state index in [1.807, 2.05) is 25.3 Å². The minimum absolute atomic E-state index is 0.162. The maximum absolute atomic E-state index is 13.6. The van der Waals surface area contributed by atoms with E-state index in [-0.39, 0.29) is 12.2 Å². The number of aryl methyl sites for hydroxylation is 1. The molecule has 0 aliphatic heterocycles. The molecule has 0 saturated heterocycles.